The third kappa shape index (κ3) is 4.31. The molecule has 112 valence electrons. The molecule has 21 heavy (non-hydrogen) atoms. The zero-order chi connectivity index (χ0) is 16.0. The Balaban J connectivity index is 3.26. The van der Waals surface area contributed by atoms with Gasteiger partial charge in [-0.1, -0.05) is 23.2 Å². The Labute approximate surface area is 138 Å². The number of anilines is 1. The lowest BCUT2D eigenvalue weighted by atomic mass is 10.2. The molecule has 0 aliphatic rings. The van der Waals surface area contributed by atoms with Gasteiger partial charge in [-0.15, -0.1) is 11.8 Å². The monoisotopic (exact) mass is 344 g/mol. The number of hydrogen-bond donors (Lipinski definition) is 0. The largest absolute Gasteiger partial charge is 0.462 e. The van der Waals surface area contributed by atoms with Crippen LogP contribution >= 0.6 is 35.0 Å². The first-order valence-corrected chi connectivity index (χ1v) is 7.98. The van der Waals surface area contributed by atoms with Gasteiger partial charge in [0.1, 0.15) is 11.1 Å². The summed E-state index contributed by atoms with van der Waals surface area (Å²) < 4.78 is 4.90. The zero-order valence-corrected chi connectivity index (χ0v) is 14.1. The highest BCUT2D eigenvalue weighted by Crippen LogP contribution is 2.31. The molecule has 1 aromatic rings. The highest BCUT2D eigenvalue weighted by Gasteiger charge is 2.20. The minimum atomic E-state index is -0.642. The topological polar surface area (TPSA) is 53.3 Å². The van der Waals surface area contributed by atoms with Gasteiger partial charge in [0.05, 0.1) is 16.7 Å². The van der Waals surface area contributed by atoms with E-state index in [1.54, 1.807) is 43.3 Å². The molecule has 0 saturated heterocycles. The van der Waals surface area contributed by atoms with Gasteiger partial charge < -0.3 is 9.64 Å². The van der Waals surface area contributed by atoms with Crippen LogP contribution in [0.15, 0.2) is 28.8 Å². The predicted molar refractivity (Wildman–Crippen MR) is 87.7 cm³/mol. The smallest absolute Gasteiger partial charge is 0.351 e. The van der Waals surface area contributed by atoms with Crippen molar-refractivity contribution in [2.24, 2.45) is 0 Å². The van der Waals surface area contributed by atoms with Crippen molar-refractivity contribution in [3.63, 3.8) is 0 Å². The number of carbonyl (C=O) groups excluding carboxylic acids is 1. The van der Waals surface area contributed by atoms with E-state index in [1.165, 1.54) is 11.8 Å². The average molecular weight is 345 g/mol. The van der Waals surface area contributed by atoms with Gasteiger partial charge in [-0.2, -0.15) is 5.26 Å². The van der Waals surface area contributed by atoms with Crippen LogP contribution in [0.4, 0.5) is 5.69 Å². The van der Waals surface area contributed by atoms with Crippen molar-refractivity contribution in [3.8, 4) is 6.07 Å². The van der Waals surface area contributed by atoms with Gasteiger partial charge in [0.15, 0.2) is 5.57 Å². The molecule has 4 nitrogen and oxygen atoms in total. The van der Waals surface area contributed by atoms with E-state index in [0.717, 1.165) is 0 Å². The lowest BCUT2D eigenvalue weighted by molar-refractivity contribution is -0.138. The molecule has 0 aliphatic carbocycles. The molecule has 1 aromatic carbocycles. The van der Waals surface area contributed by atoms with Crippen LogP contribution in [0.25, 0.3) is 0 Å². The van der Waals surface area contributed by atoms with Crippen molar-refractivity contribution in [2.45, 2.75) is 6.92 Å². The second kappa shape index (κ2) is 8.18. The average Bonchev–Trinajstić information content (AvgIpc) is 2.46. The molecule has 7 heteroatoms. The SMILES string of the molecule is CCOC(=O)C(C#N)=C(SC)N(C)c1ccc(Cl)c(Cl)c1. The Morgan fingerprint density at radius 1 is 1.43 bits per heavy atom. The first-order chi connectivity index (χ1) is 9.96. The summed E-state index contributed by atoms with van der Waals surface area (Å²) in [6, 6.07) is 6.98. The van der Waals surface area contributed by atoms with Crippen molar-refractivity contribution >= 4 is 46.6 Å². The first kappa shape index (κ1) is 17.7. The van der Waals surface area contributed by atoms with Crippen LogP contribution in [0.3, 0.4) is 0 Å². The molecule has 0 unspecified atom stereocenters. The fourth-order valence-corrected chi connectivity index (χ4v) is 2.61. The summed E-state index contributed by atoms with van der Waals surface area (Å²) >= 11 is 13.2. The van der Waals surface area contributed by atoms with Gasteiger partial charge in [-0.05, 0) is 31.4 Å². The van der Waals surface area contributed by atoms with Crippen LogP contribution in [-0.4, -0.2) is 25.9 Å². The number of rotatable bonds is 5. The molecule has 0 amide bonds. The maximum Gasteiger partial charge on any atom is 0.351 e. The van der Waals surface area contributed by atoms with E-state index >= 15 is 0 Å². The second-order valence-corrected chi connectivity index (χ2v) is 5.48. The molecule has 0 bridgehead atoms. The van der Waals surface area contributed by atoms with Crippen molar-refractivity contribution in [3.05, 3.63) is 38.8 Å². The molecule has 1 rings (SSSR count). The quantitative estimate of drug-likeness (QED) is 0.457. The third-order valence-corrected chi connectivity index (χ3v) is 4.20. The first-order valence-electron chi connectivity index (χ1n) is 6.00. The maximum atomic E-state index is 11.8. The lowest BCUT2D eigenvalue weighted by Gasteiger charge is -2.22. The van der Waals surface area contributed by atoms with E-state index in [-0.39, 0.29) is 12.2 Å². The number of thioether (sulfide) groups is 1. The number of halogens is 2. The summed E-state index contributed by atoms with van der Waals surface area (Å²) in [5.74, 6) is -0.642. The fraction of sp³-hybridized carbons (Fsp3) is 0.286. The molecule has 0 spiro atoms. The Kier molecular flexibility index (Phi) is 6.90. The number of hydrogen-bond acceptors (Lipinski definition) is 5. The summed E-state index contributed by atoms with van der Waals surface area (Å²) in [7, 11) is 1.74. The lowest BCUT2D eigenvalue weighted by Crippen LogP contribution is -2.20. The van der Waals surface area contributed by atoms with Crippen LogP contribution in [0.1, 0.15) is 6.92 Å². The summed E-state index contributed by atoms with van der Waals surface area (Å²) in [6.45, 7) is 1.90. The third-order valence-electron chi connectivity index (χ3n) is 2.59. The summed E-state index contributed by atoms with van der Waals surface area (Å²) in [6.07, 6.45) is 1.78. The van der Waals surface area contributed by atoms with Gasteiger partial charge in [0.2, 0.25) is 0 Å². The molecule has 0 saturated carbocycles. The second-order valence-electron chi connectivity index (χ2n) is 3.87. The van der Waals surface area contributed by atoms with E-state index in [0.29, 0.717) is 20.8 Å². The van der Waals surface area contributed by atoms with Crippen LogP contribution < -0.4 is 4.90 Å². The van der Waals surface area contributed by atoms with Crippen LogP contribution in [0.5, 0.6) is 0 Å². The zero-order valence-electron chi connectivity index (χ0n) is 11.8. The molecule has 0 heterocycles. The maximum absolute atomic E-state index is 11.8. The van der Waals surface area contributed by atoms with Gasteiger partial charge in [-0.25, -0.2) is 4.79 Å². The van der Waals surface area contributed by atoms with Crippen molar-refractivity contribution in [1.82, 2.24) is 0 Å². The normalized spacial score (nSPS) is 11.4. The Morgan fingerprint density at radius 2 is 2.10 bits per heavy atom. The van der Waals surface area contributed by atoms with E-state index in [4.69, 9.17) is 27.9 Å². The Bertz CT molecular complexity index is 611. The Hall–Kier alpha value is -1.35. The van der Waals surface area contributed by atoms with E-state index in [2.05, 4.69) is 0 Å². The number of ether oxygens (including phenoxy) is 1. The number of nitriles is 1. The number of nitrogens with zero attached hydrogens (tertiary/aromatic N) is 2. The number of benzene rings is 1. The molecule has 0 fully saturated rings. The van der Waals surface area contributed by atoms with Crippen LogP contribution in [0.2, 0.25) is 10.0 Å². The van der Waals surface area contributed by atoms with Crippen LogP contribution in [-0.2, 0) is 9.53 Å². The standard InChI is InChI=1S/C14H14Cl2N2O2S/c1-4-20-14(19)10(8-17)13(21-3)18(2)9-5-6-11(15)12(16)7-9/h5-7H,4H2,1-3H3. The van der Waals surface area contributed by atoms with E-state index in [9.17, 15) is 10.1 Å². The van der Waals surface area contributed by atoms with Gasteiger partial charge in [-0.3, -0.25) is 0 Å². The predicted octanol–water partition coefficient (Wildman–Crippen LogP) is 4.09. The molecule has 0 N–H and O–H groups in total. The van der Waals surface area contributed by atoms with Crippen molar-refractivity contribution < 1.29 is 9.53 Å². The van der Waals surface area contributed by atoms with Crippen molar-refractivity contribution in [2.75, 3.05) is 24.8 Å². The van der Waals surface area contributed by atoms with Gasteiger partial charge in [0, 0.05) is 12.7 Å². The Morgan fingerprint density at radius 3 is 2.57 bits per heavy atom. The minimum absolute atomic E-state index is 0.0436. The highest BCUT2D eigenvalue weighted by atomic mass is 35.5. The summed E-state index contributed by atoms with van der Waals surface area (Å²) in [4.78, 5) is 13.5. The number of esters is 1. The van der Waals surface area contributed by atoms with E-state index in [1.807, 2.05) is 6.07 Å². The molecular weight excluding hydrogens is 331 g/mol. The fourth-order valence-electron chi connectivity index (χ4n) is 1.60. The van der Waals surface area contributed by atoms with Gasteiger partial charge >= 0.3 is 5.97 Å². The highest BCUT2D eigenvalue weighted by molar-refractivity contribution is 8.02. The molecule has 0 aliphatic heterocycles. The van der Waals surface area contributed by atoms with Crippen molar-refractivity contribution in [1.29, 1.82) is 5.26 Å². The number of carbonyl (C=O) groups is 1. The minimum Gasteiger partial charge on any atom is -0.462 e. The summed E-state index contributed by atoms with van der Waals surface area (Å²) in [5.41, 5.74) is 0.670. The van der Waals surface area contributed by atoms with E-state index < -0.39 is 5.97 Å². The van der Waals surface area contributed by atoms with Gasteiger partial charge in [0.25, 0.3) is 0 Å². The molecule has 0 atom stereocenters. The molecular formula is C14H14Cl2N2O2S. The molecule has 0 aromatic heterocycles. The summed E-state index contributed by atoms with van der Waals surface area (Å²) in [5, 5.41) is 10.5. The molecule has 0 radical (unpaired) electrons. The van der Waals surface area contributed by atoms with Crippen LogP contribution in [0, 0.1) is 11.3 Å².